The molecule has 0 saturated carbocycles. The summed E-state index contributed by atoms with van der Waals surface area (Å²) in [6.07, 6.45) is 0.00781. The molecule has 6 nitrogen and oxygen atoms in total. The number of ether oxygens (including phenoxy) is 1. The predicted molar refractivity (Wildman–Crippen MR) is 77.7 cm³/mol. The molecular weight excluding hydrogens is 260 g/mol. The number of nitrogens with one attached hydrogen (secondary N) is 2. The van der Waals surface area contributed by atoms with Crippen molar-refractivity contribution in [1.29, 1.82) is 0 Å². The minimum Gasteiger partial charge on any atom is -0.480 e. The smallest absolute Gasteiger partial charge is 0.407 e. The molecule has 0 rings (SSSR count). The molecule has 0 aliphatic heterocycles. The molecular formula is C14H28N2O4. The van der Waals surface area contributed by atoms with Crippen LogP contribution in [0.4, 0.5) is 4.79 Å². The third-order valence-corrected chi connectivity index (χ3v) is 2.80. The Hall–Kier alpha value is -1.30. The first-order valence-electron chi connectivity index (χ1n) is 7.02. The minimum atomic E-state index is -0.882. The molecule has 2 unspecified atom stereocenters. The van der Waals surface area contributed by atoms with Gasteiger partial charge in [-0.05, 0) is 33.1 Å². The molecule has 0 bridgehead atoms. The number of carboxylic acids is 1. The Balaban J connectivity index is 4.44. The molecule has 0 saturated heterocycles. The minimum absolute atomic E-state index is 0.168. The highest BCUT2D eigenvalue weighted by atomic mass is 16.6. The molecule has 0 fully saturated rings. The van der Waals surface area contributed by atoms with Gasteiger partial charge in [0.25, 0.3) is 0 Å². The van der Waals surface area contributed by atoms with Gasteiger partial charge in [-0.1, -0.05) is 20.8 Å². The highest BCUT2D eigenvalue weighted by Crippen LogP contribution is 2.08. The van der Waals surface area contributed by atoms with Gasteiger partial charge in [-0.2, -0.15) is 0 Å². The Labute approximate surface area is 121 Å². The summed E-state index contributed by atoms with van der Waals surface area (Å²) >= 11 is 0. The van der Waals surface area contributed by atoms with Crippen LogP contribution < -0.4 is 10.6 Å². The van der Waals surface area contributed by atoms with E-state index in [1.54, 1.807) is 27.7 Å². The van der Waals surface area contributed by atoms with E-state index >= 15 is 0 Å². The van der Waals surface area contributed by atoms with E-state index < -0.39 is 23.7 Å². The molecule has 0 aliphatic rings. The summed E-state index contributed by atoms with van der Waals surface area (Å²) in [5.74, 6) is -0.714. The first-order chi connectivity index (χ1) is 9.06. The molecule has 0 aliphatic carbocycles. The van der Waals surface area contributed by atoms with Crippen molar-refractivity contribution in [3.05, 3.63) is 0 Å². The summed E-state index contributed by atoms with van der Waals surface area (Å²) in [6.45, 7) is 11.5. The Morgan fingerprint density at radius 3 is 2.15 bits per heavy atom. The fourth-order valence-electron chi connectivity index (χ4n) is 1.59. The standard InChI is InChI=1S/C14H28N2O4/c1-7-10(12(17)18)15-8-11(9(2)3)16-13(19)20-14(4,5)6/h9-11,15H,7-8H2,1-6H3,(H,16,19)(H,17,18). The summed E-state index contributed by atoms with van der Waals surface area (Å²) in [6, 6.07) is -0.782. The third-order valence-electron chi connectivity index (χ3n) is 2.80. The highest BCUT2D eigenvalue weighted by molar-refractivity contribution is 5.73. The highest BCUT2D eigenvalue weighted by Gasteiger charge is 2.23. The van der Waals surface area contributed by atoms with Crippen molar-refractivity contribution < 1.29 is 19.4 Å². The second kappa shape index (κ2) is 8.09. The first kappa shape index (κ1) is 18.7. The number of hydrogen-bond donors (Lipinski definition) is 3. The molecule has 0 aromatic carbocycles. The van der Waals surface area contributed by atoms with Gasteiger partial charge in [0.05, 0.1) is 0 Å². The second-order valence-corrected chi connectivity index (χ2v) is 6.20. The van der Waals surface area contributed by atoms with Crippen molar-refractivity contribution in [3.63, 3.8) is 0 Å². The number of aliphatic carboxylic acids is 1. The summed E-state index contributed by atoms with van der Waals surface area (Å²) in [7, 11) is 0. The third kappa shape index (κ3) is 7.99. The zero-order valence-electron chi connectivity index (χ0n) is 13.3. The average molecular weight is 288 g/mol. The summed E-state index contributed by atoms with van der Waals surface area (Å²) in [4.78, 5) is 22.7. The van der Waals surface area contributed by atoms with Crippen LogP contribution in [-0.4, -0.2) is 41.4 Å². The molecule has 0 radical (unpaired) electrons. The average Bonchev–Trinajstić information content (AvgIpc) is 2.24. The summed E-state index contributed by atoms with van der Waals surface area (Å²) in [5.41, 5.74) is -0.550. The predicted octanol–water partition coefficient (Wildman–Crippen LogP) is 1.99. The van der Waals surface area contributed by atoms with E-state index in [4.69, 9.17) is 9.84 Å². The lowest BCUT2D eigenvalue weighted by Gasteiger charge is -2.27. The molecule has 0 heterocycles. The lowest BCUT2D eigenvalue weighted by Crippen LogP contribution is -2.50. The van der Waals surface area contributed by atoms with Crippen LogP contribution in [0.3, 0.4) is 0 Å². The van der Waals surface area contributed by atoms with Crippen LogP contribution in [0.2, 0.25) is 0 Å². The van der Waals surface area contributed by atoms with Crippen molar-refractivity contribution in [1.82, 2.24) is 10.6 Å². The maximum absolute atomic E-state index is 11.7. The van der Waals surface area contributed by atoms with Gasteiger partial charge in [-0.3, -0.25) is 4.79 Å². The number of amides is 1. The van der Waals surface area contributed by atoms with E-state index in [0.29, 0.717) is 13.0 Å². The Morgan fingerprint density at radius 2 is 1.80 bits per heavy atom. The van der Waals surface area contributed by atoms with Crippen LogP contribution in [0.1, 0.15) is 48.0 Å². The van der Waals surface area contributed by atoms with E-state index in [-0.39, 0.29) is 12.0 Å². The lowest BCUT2D eigenvalue weighted by atomic mass is 10.0. The molecule has 2 atom stereocenters. The van der Waals surface area contributed by atoms with Crippen LogP contribution >= 0.6 is 0 Å². The fourth-order valence-corrected chi connectivity index (χ4v) is 1.59. The quantitative estimate of drug-likeness (QED) is 0.667. The van der Waals surface area contributed by atoms with Gasteiger partial charge in [-0.15, -0.1) is 0 Å². The van der Waals surface area contributed by atoms with Gasteiger partial charge in [-0.25, -0.2) is 4.79 Å². The van der Waals surface area contributed by atoms with E-state index in [2.05, 4.69) is 10.6 Å². The van der Waals surface area contributed by atoms with Gasteiger partial charge in [0.15, 0.2) is 0 Å². The first-order valence-corrected chi connectivity index (χ1v) is 7.02. The maximum atomic E-state index is 11.7. The molecule has 118 valence electrons. The second-order valence-electron chi connectivity index (χ2n) is 6.20. The van der Waals surface area contributed by atoms with Gasteiger partial charge >= 0.3 is 12.1 Å². The maximum Gasteiger partial charge on any atom is 0.407 e. The zero-order valence-corrected chi connectivity index (χ0v) is 13.3. The van der Waals surface area contributed by atoms with E-state index in [1.807, 2.05) is 13.8 Å². The van der Waals surface area contributed by atoms with Gasteiger partial charge in [0.1, 0.15) is 11.6 Å². The molecule has 0 spiro atoms. The molecule has 20 heavy (non-hydrogen) atoms. The Bertz CT molecular complexity index is 324. The van der Waals surface area contributed by atoms with Gasteiger partial charge in [0, 0.05) is 12.6 Å². The largest absolute Gasteiger partial charge is 0.480 e. The van der Waals surface area contributed by atoms with Crippen LogP contribution in [0, 0.1) is 5.92 Å². The van der Waals surface area contributed by atoms with Crippen molar-refractivity contribution >= 4 is 12.1 Å². The van der Waals surface area contributed by atoms with E-state index in [1.165, 1.54) is 0 Å². The molecule has 6 heteroatoms. The zero-order chi connectivity index (χ0) is 15.9. The van der Waals surface area contributed by atoms with Crippen LogP contribution in [0.25, 0.3) is 0 Å². The Kier molecular flexibility index (Phi) is 7.57. The number of alkyl carbamates (subject to hydrolysis) is 1. The SMILES string of the molecule is CCC(NCC(NC(=O)OC(C)(C)C)C(C)C)C(=O)O. The van der Waals surface area contributed by atoms with E-state index in [9.17, 15) is 9.59 Å². The van der Waals surface area contributed by atoms with Gasteiger partial charge in [0.2, 0.25) is 0 Å². The molecule has 0 aromatic rings. The van der Waals surface area contributed by atoms with Crippen molar-refractivity contribution in [3.8, 4) is 0 Å². The molecule has 0 aromatic heterocycles. The van der Waals surface area contributed by atoms with Crippen molar-refractivity contribution in [2.75, 3.05) is 6.54 Å². The monoisotopic (exact) mass is 288 g/mol. The Morgan fingerprint density at radius 1 is 1.25 bits per heavy atom. The van der Waals surface area contributed by atoms with E-state index in [0.717, 1.165) is 0 Å². The van der Waals surface area contributed by atoms with Crippen LogP contribution in [0.15, 0.2) is 0 Å². The molecule has 3 N–H and O–H groups in total. The number of hydrogen-bond acceptors (Lipinski definition) is 4. The number of carbonyl (C=O) groups is 2. The fraction of sp³-hybridized carbons (Fsp3) is 0.857. The number of carboxylic acid groups (broad SMARTS) is 1. The topological polar surface area (TPSA) is 87.7 Å². The van der Waals surface area contributed by atoms with Crippen molar-refractivity contribution in [2.24, 2.45) is 5.92 Å². The van der Waals surface area contributed by atoms with Crippen LogP contribution in [0.5, 0.6) is 0 Å². The van der Waals surface area contributed by atoms with Crippen LogP contribution in [-0.2, 0) is 9.53 Å². The van der Waals surface area contributed by atoms with Crippen molar-refractivity contribution in [2.45, 2.75) is 65.6 Å². The summed E-state index contributed by atoms with van der Waals surface area (Å²) in [5, 5.41) is 14.7. The van der Waals surface area contributed by atoms with Gasteiger partial charge < -0.3 is 20.5 Å². The molecule has 1 amide bonds. The number of carbonyl (C=O) groups excluding carboxylic acids is 1. The lowest BCUT2D eigenvalue weighted by molar-refractivity contribution is -0.139. The normalized spacial score (nSPS) is 14.8. The summed E-state index contributed by atoms with van der Waals surface area (Å²) < 4.78 is 5.20. The number of rotatable bonds is 7.